The minimum atomic E-state index is -4.35. The van der Waals surface area contributed by atoms with Crippen LogP contribution in [0.1, 0.15) is 36.8 Å². The number of aliphatic carboxylic acids is 1. The van der Waals surface area contributed by atoms with Crippen LogP contribution >= 0.6 is 0 Å². The van der Waals surface area contributed by atoms with Crippen LogP contribution in [0.15, 0.2) is 24.3 Å². The predicted octanol–water partition coefficient (Wildman–Crippen LogP) is 3.02. The van der Waals surface area contributed by atoms with Gasteiger partial charge in [0.2, 0.25) is 0 Å². The van der Waals surface area contributed by atoms with Crippen molar-refractivity contribution in [1.82, 2.24) is 5.32 Å². The Bertz CT molecular complexity index is 498. The van der Waals surface area contributed by atoms with Crippen LogP contribution in [-0.2, 0) is 11.0 Å². The van der Waals surface area contributed by atoms with E-state index in [4.69, 9.17) is 0 Å². The van der Waals surface area contributed by atoms with E-state index in [-0.39, 0.29) is 5.92 Å². The molecule has 0 spiro atoms. The van der Waals surface area contributed by atoms with Crippen molar-refractivity contribution in [3.63, 3.8) is 0 Å². The lowest BCUT2D eigenvalue weighted by Gasteiger charge is -2.36. The van der Waals surface area contributed by atoms with Gasteiger partial charge in [-0.15, -0.1) is 0 Å². The second-order valence-corrected chi connectivity index (χ2v) is 5.37. The lowest BCUT2D eigenvalue weighted by atomic mass is 9.79. The number of alkyl halides is 3. The number of carboxylic acids is 1. The van der Waals surface area contributed by atoms with Crippen LogP contribution in [0.2, 0.25) is 0 Å². The fraction of sp³-hybridized carbons (Fsp3) is 0.500. The van der Waals surface area contributed by atoms with Crippen LogP contribution in [0.25, 0.3) is 0 Å². The molecule has 1 saturated heterocycles. The SMILES string of the molecule is CC1(C(=O)O)CC(c2ccc(C(F)(F)F)cc2)CCN1. The highest BCUT2D eigenvalue weighted by Gasteiger charge is 2.39. The molecule has 0 saturated carbocycles. The topological polar surface area (TPSA) is 49.3 Å². The first-order valence-electron chi connectivity index (χ1n) is 6.38. The van der Waals surface area contributed by atoms with E-state index < -0.39 is 23.2 Å². The number of nitrogens with one attached hydrogen (secondary N) is 1. The van der Waals surface area contributed by atoms with Gasteiger partial charge in [-0.3, -0.25) is 4.79 Å². The third-order valence-corrected chi connectivity index (χ3v) is 3.84. The number of carbonyl (C=O) groups is 1. The predicted molar refractivity (Wildman–Crippen MR) is 67.5 cm³/mol. The highest BCUT2D eigenvalue weighted by atomic mass is 19.4. The molecule has 2 rings (SSSR count). The minimum absolute atomic E-state index is 0.0420. The number of hydrogen-bond donors (Lipinski definition) is 2. The second-order valence-electron chi connectivity index (χ2n) is 5.37. The molecule has 0 amide bonds. The van der Waals surface area contributed by atoms with Crippen molar-refractivity contribution < 1.29 is 23.1 Å². The zero-order chi connectivity index (χ0) is 15.0. The van der Waals surface area contributed by atoms with Crippen LogP contribution < -0.4 is 5.32 Å². The standard InChI is InChI=1S/C14H16F3NO2/c1-13(12(19)20)8-10(6-7-18-13)9-2-4-11(5-3-9)14(15,16)17/h2-5,10,18H,6-8H2,1H3,(H,19,20). The quantitative estimate of drug-likeness (QED) is 0.879. The molecule has 2 unspecified atom stereocenters. The van der Waals surface area contributed by atoms with Crippen molar-refractivity contribution in [1.29, 1.82) is 0 Å². The first kappa shape index (κ1) is 14.8. The van der Waals surface area contributed by atoms with Crippen molar-refractivity contribution >= 4 is 5.97 Å². The Morgan fingerprint density at radius 2 is 1.95 bits per heavy atom. The number of rotatable bonds is 2. The number of piperidine rings is 1. The molecule has 0 bridgehead atoms. The van der Waals surface area contributed by atoms with Gasteiger partial charge in [-0.1, -0.05) is 12.1 Å². The molecule has 3 nitrogen and oxygen atoms in total. The van der Waals surface area contributed by atoms with Crippen molar-refractivity contribution in [3.05, 3.63) is 35.4 Å². The molecular formula is C14H16F3NO2. The third kappa shape index (κ3) is 2.95. The first-order chi connectivity index (χ1) is 9.22. The summed E-state index contributed by atoms with van der Waals surface area (Å²) in [6.07, 6.45) is -3.26. The van der Waals surface area contributed by atoms with Crippen LogP contribution in [0.5, 0.6) is 0 Å². The van der Waals surface area contributed by atoms with Crippen molar-refractivity contribution in [2.24, 2.45) is 0 Å². The van der Waals surface area contributed by atoms with Crippen LogP contribution in [-0.4, -0.2) is 23.2 Å². The normalized spacial score (nSPS) is 27.3. The summed E-state index contributed by atoms with van der Waals surface area (Å²) in [6, 6.07) is 4.99. The molecular weight excluding hydrogens is 271 g/mol. The maximum Gasteiger partial charge on any atom is 0.416 e. The van der Waals surface area contributed by atoms with E-state index in [9.17, 15) is 23.1 Å². The average molecular weight is 287 g/mol. The summed E-state index contributed by atoms with van der Waals surface area (Å²) in [5.74, 6) is -0.978. The van der Waals surface area contributed by atoms with Gasteiger partial charge in [0, 0.05) is 0 Å². The van der Waals surface area contributed by atoms with Crippen molar-refractivity contribution in [2.45, 2.75) is 37.4 Å². The Kier molecular flexibility index (Phi) is 3.77. The molecule has 2 N–H and O–H groups in total. The van der Waals surface area contributed by atoms with Crippen LogP contribution in [0, 0.1) is 0 Å². The van der Waals surface area contributed by atoms with Gasteiger partial charge < -0.3 is 10.4 Å². The Hall–Kier alpha value is -1.56. The molecule has 6 heteroatoms. The van der Waals surface area contributed by atoms with Crippen molar-refractivity contribution in [3.8, 4) is 0 Å². The van der Waals surface area contributed by atoms with Crippen molar-refractivity contribution in [2.75, 3.05) is 6.54 Å². The summed E-state index contributed by atoms with van der Waals surface area (Å²) in [7, 11) is 0. The molecule has 1 aliphatic heterocycles. The van der Waals surface area contributed by atoms with E-state index >= 15 is 0 Å². The van der Waals surface area contributed by atoms with Gasteiger partial charge in [0.1, 0.15) is 5.54 Å². The van der Waals surface area contributed by atoms with Crippen LogP contribution in [0.4, 0.5) is 13.2 Å². The number of benzene rings is 1. The second kappa shape index (κ2) is 5.09. The van der Waals surface area contributed by atoms with Gasteiger partial charge in [0.25, 0.3) is 0 Å². The Labute approximate surface area is 114 Å². The zero-order valence-corrected chi connectivity index (χ0v) is 11.0. The summed E-state index contributed by atoms with van der Waals surface area (Å²) >= 11 is 0. The molecule has 1 aliphatic rings. The van der Waals surface area contributed by atoms with Gasteiger partial charge in [-0.25, -0.2) is 0 Å². The van der Waals surface area contributed by atoms with Gasteiger partial charge in [0.15, 0.2) is 0 Å². The largest absolute Gasteiger partial charge is 0.480 e. The fourth-order valence-corrected chi connectivity index (χ4v) is 2.58. The molecule has 20 heavy (non-hydrogen) atoms. The Balaban J connectivity index is 2.18. The van der Waals surface area contributed by atoms with Gasteiger partial charge in [-0.05, 0) is 49.9 Å². The Morgan fingerprint density at radius 3 is 2.45 bits per heavy atom. The molecule has 0 radical (unpaired) electrons. The third-order valence-electron chi connectivity index (χ3n) is 3.84. The van der Waals surface area contributed by atoms with Gasteiger partial charge in [0.05, 0.1) is 5.56 Å². The van der Waals surface area contributed by atoms with Gasteiger partial charge in [-0.2, -0.15) is 13.2 Å². The molecule has 110 valence electrons. The molecule has 0 aromatic heterocycles. The maximum atomic E-state index is 12.5. The van der Waals surface area contributed by atoms with E-state index in [0.29, 0.717) is 19.4 Å². The monoisotopic (exact) mass is 287 g/mol. The lowest BCUT2D eigenvalue weighted by Crippen LogP contribution is -2.53. The first-order valence-corrected chi connectivity index (χ1v) is 6.38. The number of halogens is 3. The summed E-state index contributed by atoms with van der Waals surface area (Å²) in [5, 5.41) is 12.2. The van der Waals surface area contributed by atoms with E-state index in [1.54, 1.807) is 6.92 Å². The van der Waals surface area contributed by atoms with Crippen LogP contribution in [0.3, 0.4) is 0 Å². The fourth-order valence-electron chi connectivity index (χ4n) is 2.58. The zero-order valence-electron chi connectivity index (χ0n) is 11.0. The van der Waals surface area contributed by atoms with E-state index in [1.165, 1.54) is 12.1 Å². The Morgan fingerprint density at radius 1 is 1.35 bits per heavy atom. The lowest BCUT2D eigenvalue weighted by molar-refractivity contribution is -0.145. The maximum absolute atomic E-state index is 12.5. The number of carboxylic acid groups (broad SMARTS) is 1. The average Bonchev–Trinajstić information content (AvgIpc) is 2.38. The summed E-state index contributed by atoms with van der Waals surface area (Å²) in [6.45, 7) is 2.14. The molecule has 2 atom stereocenters. The highest BCUT2D eigenvalue weighted by molar-refractivity contribution is 5.78. The summed E-state index contributed by atoms with van der Waals surface area (Å²) < 4.78 is 37.5. The minimum Gasteiger partial charge on any atom is -0.480 e. The summed E-state index contributed by atoms with van der Waals surface area (Å²) in [4.78, 5) is 11.2. The van der Waals surface area contributed by atoms with E-state index in [0.717, 1.165) is 17.7 Å². The highest BCUT2D eigenvalue weighted by Crippen LogP contribution is 2.35. The molecule has 1 aromatic carbocycles. The number of hydrogen-bond acceptors (Lipinski definition) is 2. The molecule has 0 aliphatic carbocycles. The summed E-state index contributed by atoms with van der Waals surface area (Å²) in [5.41, 5.74) is -0.950. The smallest absolute Gasteiger partial charge is 0.416 e. The molecule has 1 aromatic rings. The van der Waals surface area contributed by atoms with E-state index in [2.05, 4.69) is 5.32 Å². The van der Waals surface area contributed by atoms with E-state index in [1.807, 2.05) is 0 Å². The molecule has 1 fully saturated rings. The molecule has 1 heterocycles. The van der Waals surface area contributed by atoms with Gasteiger partial charge >= 0.3 is 12.1 Å².